The van der Waals surface area contributed by atoms with Crippen LogP contribution in [0.1, 0.15) is 71.4 Å². The number of alkyl halides is 3. The normalized spacial score (nSPS) is 24.5. The topological polar surface area (TPSA) is 95.1 Å². The summed E-state index contributed by atoms with van der Waals surface area (Å²) in [5.74, 6) is 0.311. The maximum atomic E-state index is 14.4. The fraction of sp³-hybridized carbons (Fsp3) is 0.485. The Morgan fingerprint density at radius 3 is 2.50 bits per heavy atom. The van der Waals surface area contributed by atoms with Gasteiger partial charge in [0.05, 0.1) is 18.2 Å². The van der Waals surface area contributed by atoms with Gasteiger partial charge < -0.3 is 19.2 Å². The third-order valence-electron chi connectivity index (χ3n) is 10.6. The Balaban J connectivity index is 1.17. The lowest BCUT2D eigenvalue weighted by Crippen LogP contribution is -2.58. The maximum Gasteiger partial charge on any atom is 0.416 e. The number of anilines is 2. The summed E-state index contributed by atoms with van der Waals surface area (Å²) >= 11 is 0. The highest BCUT2D eigenvalue weighted by molar-refractivity contribution is 6.11. The zero-order chi connectivity index (χ0) is 30.9. The Kier molecular flexibility index (Phi) is 6.61. The second-order valence-corrected chi connectivity index (χ2v) is 13.3. The van der Waals surface area contributed by atoms with Crippen molar-refractivity contribution in [2.75, 3.05) is 22.9 Å². The molecule has 3 aromatic rings. The summed E-state index contributed by atoms with van der Waals surface area (Å²) in [4.78, 5) is 28.4. The highest BCUT2D eigenvalue weighted by Gasteiger charge is 2.49. The lowest BCUT2D eigenvalue weighted by Gasteiger charge is -2.54. The average Bonchev–Trinajstić information content (AvgIpc) is 3.54. The van der Waals surface area contributed by atoms with E-state index in [4.69, 9.17) is 0 Å². The highest BCUT2D eigenvalue weighted by atomic mass is 19.4. The number of aromatic nitrogens is 3. The van der Waals surface area contributed by atoms with Crippen LogP contribution in [0.25, 0.3) is 0 Å². The minimum absolute atomic E-state index is 0.000340. The van der Waals surface area contributed by atoms with Crippen LogP contribution >= 0.6 is 0 Å². The van der Waals surface area contributed by atoms with E-state index in [9.17, 15) is 28.0 Å². The fourth-order valence-corrected chi connectivity index (χ4v) is 7.92. The summed E-state index contributed by atoms with van der Waals surface area (Å²) in [7, 11) is 1.87. The molecule has 1 spiro atoms. The molecule has 0 unspecified atom stereocenters. The van der Waals surface area contributed by atoms with Gasteiger partial charge in [0, 0.05) is 66.2 Å². The number of amides is 1. The number of aryl methyl sites for hydroxylation is 1. The molecule has 4 aliphatic rings. The van der Waals surface area contributed by atoms with Crippen LogP contribution in [0.3, 0.4) is 0 Å². The van der Waals surface area contributed by atoms with E-state index < -0.39 is 17.6 Å². The fourth-order valence-electron chi connectivity index (χ4n) is 7.92. The monoisotopic (exact) mass is 602 g/mol. The molecule has 1 saturated heterocycles. The van der Waals surface area contributed by atoms with Gasteiger partial charge in [-0.05, 0) is 73.9 Å². The lowest BCUT2D eigenvalue weighted by atomic mass is 9.57. The van der Waals surface area contributed by atoms with Crippen molar-refractivity contribution in [3.8, 4) is 6.07 Å². The highest BCUT2D eigenvalue weighted by Crippen LogP contribution is 2.51. The number of hydrogen-bond donors (Lipinski definition) is 0. The Morgan fingerprint density at radius 1 is 1.11 bits per heavy atom. The second kappa shape index (κ2) is 10.2. The Hall–Kier alpha value is -4.20. The summed E-state index contributed by atoms with van der Waals surface area (Å²) in [6.07, 6.45) is 3.27. The molecule has 3 fully saturated rings. The molecule has 1 amide bonds. The van der Waals surface area contributed by atoms with Crippen LogP contribution in [0.4, 0.5) is 24.5 Å². The van der Waals surface area contributed by atoms with Crippen molar-refractivity contribution in [1.29, 1.82) is 5.26 Å². The van der Waals surface area contributed by atoms with Crippen molar-refractivity contribution in [2.24, 2.45) is 24.3 Å². The molecular weight excluding hydrogens is 569 g/mol. The number of nitrogens with zero attached hydrogens (tertiary/aromatic N) is 6. The number of rotatable bonds is 6. The van der Waals surface area contributed by atoms with E-state index in [1.165, 1.54) is 11.0 Å². The molecule has 0 bridgehead atoms. The average molecular weight is 603 g/mol. The predicted octanol–water partition coefficient (Wildman–Crippen LogP) is 5.60. The van der Waals surface area contributed by atoms with E-state index in [1.54, 1.807) is 18.5 Å². The van der Waals surface area contributed by atoms with Crippen molar-refractivity contribution in [1.82, 2.24) is 14.8 Å². The van der Waals surface area contributed by atoms with E-state index >= 15 is 0 Å². The van der Waals surface area contributed by atoms with Crippen molar-refractivity contribution < 1.29 is 22.8 Å². The van der Waals surface area contributed by atoms with Crippen LogP contribution in [0.15, 0.2) is 42.7 Å². The van der Waals surface area contributed by atoms with Crippen molar-refractivity contribution >= 4 is 23.6 Å². The molecule has 44 heavy (non-hydrogen) atoms. The molecule has 1 aromatic heterocycles. The van der Waals surface area contributed by atoms with Crippen molar-refractivity contribution in [3.63, 3.8) is 0 Å². The molecule has 2 saturated carbocycles. The molecule has 228 valence electrons. The zero-order valence-corrected chi connectivity index (χ0v) is 24.5. The van der Waals surface area contributed by atoms with Crippen molar-refractivity contribution in [3.05, 3.63) is 70.8 Å². The van der Waals surface area contributed by atoms with Gasteiger partial charge in [0.15, 0.2) is 0 Å². The largest absolute Gasteiger partial charge is 0.416 e. The van der Waals surface area contributed by atoms with E-state index in [2.05, 4.69) is 16.3 Å². The number of carbonyl (C=O) groups excluding carboxylic acids is 2. The maximum absolute atomic E-state index is 14.4. The minimum Gasteiger partial charge on any atom is -0.370 e. The van der Waals surface area contributed by atoms with Crippen LogP contribution in [0.2, 0.25) is 0 Å². The first-order chi connectivity index (χ1) is 21.0. The molecule has 7 rings (SSSR count). The lowest BCUT2D eigenvalue weighted by molar-refractivity contribution is -0.138. The number of benzene rings is 2. The Morgan fingerprint density at radius 2 is 1.86 bits per heavy atom. The van der Waals surface area contributed by atoms with Crippen LogP contribution in [0.5, 0.6) is 0 Å². The molecule has 8 nitrogen and oxygen atoms in total. The van der Waals surface area contributed by atoms with E-state index in [-0.39, 0.29) is 40.3 Å². The number of halogens is 3. The van der Waals surface area contributed by atoms with Crippen LogP contribution < -0.4 is 9.80 Å². The minimum atomic E-state index is -4.61. The van der Waals surface area contributed by atoms with E-state index in [0.717, 1.165) is 43.4 Å². The van der Waals surface area contributed by atoms with Crippen LogP contribution in [-0.4, -0.2) is 40.0 Å². The smallest absolute Gasteiger partial charge is 0.370 e. The predicted molar refractivity (Wildman–Crippen MR) is 156 cm³/mol. The summed E-state index contributed by atoms with van der Waals surface area (Å²) in [6.45, 7) is 1.10. The van der Waals surface area contributed by atoms with Gasteiger partial charge in [-0.25, -0.2) is 0 Å². The first-order valence-electron chi connectivity index (χ1n) is 15.1. The molecule has 0 N–H and O–H groups in total. The third-order valence-corrected chi connectivity index (χ3v) is 10.6. The number of nitriles is 1. The number of carbonyl (C=O) groups is 2. The standard InChI is InChI=1S/C33H33F3N6O2/c1-40-20-38-39-29(40)14-32(12-22(13-32)15-37)23-3-2-4-24(9-23)42-16-27-26(30(42)44)10-25(11-28(27)33(34,35)36)41-18-31(19-41)7-5-21(17-43)6-8-31/h2-4,9-11,17,20-22H,5-8,12-14,16,18-19H2,1H3. The van der Waals surface area contributed by atoms with Gasteiger partial charge in [-0.1, -0.05) is 12.1 Å². The van der Waals surface area contributed by atoms with E-state index in [0.29, 0.717) is 43.7 Å². The summed E-state index contributed by atoms with van der Waals surface area (Å²) in [5, 5.41) is 17.8. The van der Waals surface area contributed by atoms with Gasteiger partial charge in [-0.15, -0.1) is 10.2 Å². The second-order valence-electron chi connectivity index (χ2n) is 13.3. The first-order valence-corrected chi connectivity index (χ1v) is 15.1. The van der Waals surface area contributed by atoms with E-state index in [1.807, 2.05) is 34.7 Å². The van der Waals surface area contributed by atoms with Gasteiger partial charge in [0.25, 0.3) is 5.91 Å². The summed E-state index contributed by atoms with van der Waals surface area (Å²) in [6, 6.07) is 12.6. The van der Waals surface area contributed by atoms with Crippen LogP contribution in [0, 0.1) is 28.6 Å². The molecule has 2 aromatic carbocycles. The third kappa shape index (κ3) is 4.66. The Bertz CT molecular complexity index is 1670. The molecular formula is C33H33F3N6O2. The Labute approximate surface area is 253 Å². The molecule has 0 atom stereocenters. The number of fused-ring (bicyclic) bond motifs is 1. The summed E-state index contributed by atoms with van der Waals surface area (Å²) in [5.41, 5.74) is 0.856. The molecule has 11 heteroatoms. The zero-order valence-electron chi connectivity index (χ0n) is 24.5. The van der Waals surface area contributed by atoms with Gasteiger partial charge in [0.2, 0.25) is 0 Å². The molecule has 2 aliphatic heterocycles. The molecule has 0 radical (unpaired) electrons. The van der Waals surface area contributed by atoms with Gasteiger partial charge >= 0.3 is 6.18 Å². The quantitative estimate of drug-likeness (QED) is 0.341. The van der Waals surface area contributed by atoms with Crippen molar-refractivity contribution in [2.45, 2.75) is 63.1 Å². The van der Waals surface area contributed by atoms with Gasteiger partial charge in [-0.2, -0.15) is 18.4 Å². The SMILES string of the molecule is Cn1cnnc1CC1(c2cccc(N3Cc4c(cc(N5CC6(CCC(C=O)CC6)C5)cc4C(F)(F)F)C3=O)c2)CC(C#N)C1. The molecule has 2 aliphatic carbocycles. The number of hydrogen-bond acceptors (Lipinski definition) is 6. The van der Waals surface area contributed by atoms with Crippen LogP contribution in [-0.2, 0) is 36.4 Å². The van der Waals surface area contributed by atoms with Gasteiger partial charge in [-0.3, -0.25) is 4.79 Å². The first kappa shape index (κ1) is 28.6. The molecule has 3 heterocycles. The van der Waals surface area contributed by atoms with Gasteiger partial charge in [0.1, 0.15) is 18.4 Å². The number of aldehydes is 1. The summed E-state index contributed by atoms with van der Waals surface area (Å²) < 4.78 is 45.1.